The quantitative estimate of drug-likeness (QED) is 0.915. The minimum Gasteiger partial charge on any atom is -0.359 e. The van der Waals surface area contributed by atoms with Crippen molar-refractivity contribution in [1.29, 1.82) is 0 Å². The largest absolute Gasteiger partial charge is 0.359 e. The maximum absolute atomic E-state index is 13.0. The first kappa shape index (κ1) is 17.0. The van der Waals surface area contributed by atoms with Gasteiger partial charge in [-0.3, -0.25) is 4.79 Å². The lowest BCUT2D eigenvalue weighted by Gasteiger charge is -2.31. The summed E-state index contributed by atoms with van der Waals surface area (Å²) in [4.78, 5) is 12.1. The molecule has 0 aliphatic carbocycles. The highest BCUT2D eigenvalue weighted by Crippen LogP contribution is 2.26. The molecule has 1 N–H and O–H groups in total. The molecule has 3 rings (SSSR count). The first-order valence-corrected chi connectivity index (χ1v) is 9.72. The zero-order chi connectivity index (χ0) is 17.3. The Morgan fingerprint density at radius 1 is 1.33 bits per heavy atom. The molecule has 0 radical (unpaired) electrons. The summed E-state index contributed by atoms with van der Waals surface area (Å²) in [6.45, 7) is 3.60. The van der Waals surface area contributed by atoms with Gasteiger partial charge in [0.05, 0.1) is 10.8 Å². The van der Waals surface area contributed by atoms with E-state index in [9.17, 15) is 13.2 Å². The van der Waals surface area contributed by atoms with Gasteiger partial charge in [-0.2, -0.15) is 4.31 Å². The van der Waals surface area contributed by atoms with E-state index in [1.165, 1.54) is 4.31 Å². The molecule has 130 valence electrons. The SMILES string of the molecule is CCn1ccc2cc(S(=O)(=O)N3CCCC(C(=O)NC)C3)ccc21. The van der Waals surface area contributed by atoms with Crippen LogP contribution in [-0.4, -0.2) is 43.3 Å². The van der Waals surface area contributed by atoms with Crippen molar-refractivity contribution in [3.8, 4) is 0 Å². The number of hydrogen-bond donors (Lipinski definition) is 1. The highest BCUT2D eigenvalue weighted by molar-refractivity contribution is 7.89. The Bertz CT molecular complexity index is 857. The minimum absolute atomic E-state index is 0.0922. The van der Waals surface area contributed by atoms with E-state index < -0.39 is 10.0 Å². The number of sulfonamides is 1. The van der Waals surface area contributed by atoms with Crippen molar-refractivity contribution in [2.75, 3.05) is 20.1 Å². The summed E-state index contributed by atoms with van der Waals surface area (Å²) in [5.41, 5.74) is 1.03. The number of amides is 1. The van der Waals surface area contributed by atoms with Gasteiger partial charge >= 0.3 is 0 Å². The number of carbonyl (C=O) groups is 1. The van der Waals surface area contributed by atoms with Crippen molar-refractivity contribution in [3.05, 3.63) is 30.5 Å². The number of aromatic nitrogens is 1. The summed E-state index contributed by atoms with van der Waals surface area (Å²) in [5.74, 6) is -0.367. The Morgan fingerprint density at radius 3 is 2.83 bits per heavy atom. The third-order valence-electron chi connectivity index (χ3n) is 4.72. The van der Waals surface area contributed by atoms with E-state index in [1.54, 1.807) is 19.2 Å². The fourth-order valence-corrected chi connectivity index (χ4v) is 4.90. The topological polar surface area (TPSA) is 71.4 Å². The summed E-state index contributed by atoms with van der Waals surface area (Å²) in [5, 5.41) is 3.53. The molecule has 1 amide bonds. The predicted molar refractivity (Wildman–Crippen MR) is 93.2 cm³/mol. The molecule has 1 saturated heterocycles. The van der Waals surface area contributed by atoms with Crippen LogP contribution in [0.1, 0.15) is 19.8 Å². The molecule has 1 aromatic heterocycles. The van der Waals surface area contributed by atoms with Crippen LogP contribution in [0, 0.1) is 5.92 Å². The minimum atomic E-state index is -3.58. The first-order chi connectivity index (χ1) is 11.5. The Balaban J connectivity index is 1.91. The molecule has 1 atom stereocenters. The van der Waals surface area contributed by atoms with Crippen LogP contribution in [0.4, 0.5) is 0 Å². The van der Waals surface area contributed by atoms with Crippen LogP contribution in [0.2, 0.25) is 0 Å². The zero-order valence-electron chi connectivity index (χ0n) is 14.0. The fourth-order valence-electron chi connectivity index (χ4n) is 3.34. The molecule has 24 heavy (non-hydrogen) atoms. The second-order valence-corrected chi connectivity index (χ2v) is 8.08. The van der Waals surface area contributed by atoms with Crippen molar-refractivity contribution >= 4 is 26.8 Å². The standard InChI is InChI=1S/C17H23N3O3S/c1-3-19-10-8-13-11-15(6-7-16(13)19)24(22,23)20-9-4-5-14(12-20)17(21)18-2/h6-8,10-11,14H,3-5,9,12H2,1-2H3,(H,18,21). The molecule has 0 saturated carbocycles. The van der Waals surface area contributed by atoms with Gasteiger partial charge in [-0.05, 0) is 44.0 Å². The lowest BCUT2D eigenvalue weighted by molar-refractivity contribution is -0.125. The van der Waals surface area contributed by atoms with Gasteiger partial charge < -0.3 is 9.88 Å². The molecule has 1 unspecified atom stereocenters. The summed E-state index contributed by atoms with van der Waals surface area (Å²) >= 11 is 0. The maximum Gasteiger partial charge on any atom is 0.243 e. The van der Waals surface area contributed by atoms with E-state index in [-0.39, 0.29) is 18.4 Å². The van der Waals surface area contributed by atoms with E-state index in [4.69, 9.17) is 0 Å². The smallest absolute Gasteiger partial charge is 0.243 e. The number of nitrogens with zero attached hydrogens (tertiary/aromatic N) is 2. The van der Waals surface area contributed by atoms with E-state index in [0.29, 0.717) is 17.9 Å². The number of piperidine rings is 1. The number of aryl methyl sites for hydroxylation is 1. The van der Waals surface area contributed by atoms with Gasteiger partial charge in [-0.1, -0.05) is 0 Å². The summed E-state index contributed by atoms with van der Waals surface area (Å²) < 4.78 is 29.4. The van der Waals surface area contributed by atoms with Crippen molar-refractivity contribution in [1.82, 2.24) is 14.2 Å². The molecule has 1 aromatic carbocycles. The molecule has 1 aliphatic rings. The molecular weight excluding hydrogens is 326 g/mol. The molecule has 7 heteroatoms. The van der Waals surface area contributed by atoms with Gasteiger partial charge in [0.2, 0.25) is 15.9 Å². The molecule has 2 aromatic rings. The molecule has 0 spiro atoms. The first-order valence-electron chi connectivity index (χ1n) is 8.28. The number of rotatable bonds is 4. The van der Waals surface area contributed by atoms with Crippen molar-refractivity contribution < 1.29 is 13.2 Å². The van der Waals surface area contributed by atoms with Gasteiger partial charge in [-0.15, -0.1) is 0 Å². The second-order valence-electron chi connectivity index (χ2n) is 6.14. The second kappa shape index (κ2) is 6.57. The summed E-state index contributed by atoms with van der Waals surface area (Å²) in [7, 11) is -2.00. The van der Waals surface area contributed by atoms with Gasteiger partial charge in [0, 0.05) is 43.8 Å². The number of fused-ring (bicyclic) bond motifs is 1. The van der Waals surface area contributed by atoms with Gasteiger partial charge in [0.25, 0.3) is 0 Å². The Kier molecular flexibility index (Phi) is 4.64. The number of nitrogens with one attached hydrogen (secondary N) is 1. The van der Waals surface area contributed by atoms with E-state index >= 15 is 0 Å². The van der Waals surface area contributed by atoms with Gasteiger partial charge in [0.1, 0.15) is 0 Å². The zero-order valence-corrected chi connectivity index (χ0v) is 14.8. The highest BCUT2D eigenvalue weighted by atomic mass is 32.2. The third-order valence-corrected chi connectivity index (χ3v) is 6.58. The van der Waals surface area contributed by atoms with Crippen LogP contribution >= 0.6 is 0 Å². The van der Waals surface area contributed by atoms with Gasteiger partial charge in [0.15, 0.2) is 0 Å². The van der Waals surface area contributed by atoms with E-state index in [1.807, 2.05) is 18.3 Å². The summed E-state index contributed by atoms with van der Waals surface area (Å²) in [6, 6.07) is 7.17. The van der Waals surface area contributed by atoms with Crippen LogP contribution in [0.15, 0.2) is 35.4 Å². The van der Waals surface area contributed by atoms with Crippen LogP contribution in [-0.2, 0) is 21.4 Å². The maximum atomic E-state index is 13.0. The molecule has 6 nitrogen and oxygen atoms in total. The Morgan fingerprint density at radius 2 is 2.12 bits per heavy atom. The normalized spacial score (nSPS) is 19.5. The molecule has 1 fully saturated rings. The number of hydrogen-bond acceptors (Lipinski definition) is 3. The van der Waals surface area contributed by atoms with Crippen LogP contribution in [0.25, 0.3) is 10.9 Å². The lowest BCUT2D eigenvalue weighted by Crippen LogP contribution is -2.44. The predicted octanol–water partition coefficient (Wildman–Crippen LogP) is 1.81. The summed E-state index contributed by atoms with van der Waals surface area (Å²) in [6.07, 6.45) is 3.39. The molecule has 1 aliphatic heterocycles. The molecule has 0 bridgehead atoms. The van der Waals surface area contributed by atoms with Crippen molar-refractivity contribution in [2.24, 2.45) is 5.92 Å². The molecule has 2 heterocycles. The van der Waals surface area contributed by atoms with Gasteiger partial charge in [-0.25, -0.2) is 8.42 Å². The van der Waals surface area contributed by atoms with E-state index in [2.05, 4.69) is 16.8 Å². The van der Waals surface area contributed by atoms with E-state index in [0.717, 1.165) is 23.9 Å². The highest BCUT2D eigenvalue weighted by Gasteiger charge is 2.33. The van der Waals surface area contributed by atoms with Crippen molar-refractivity contribution in [2.45, 2.75) is 31.2 Å². The van der Waals surface area contributed by atoms with Crippen molar-refractivity contribution in [3.63, 3.8) is 0 Å². The Hall–Kier alpha value is -1.86. The number of benzene rings is 1. The average Bonchev–Trinajstić information content (AvgIpc) is 3.03. The average molecular weight is 349 g/mol. The van der Waals surface area contributed by atoms with Crippen LogP contribution < -0.4 is 5.32 Å². The van der Waals surface area contributed by atoms with Crippen LogP contribution in [0.5, 0.6) is 0 Å². The lowest BCUT2D eigenvalue weighted by atomic mass is 9.99. The number of carbonyl (C=O) groups excluding carboxylic acids is 1. The molecular formula is C17H23N3O3S. The Labute approximate surface area is 142 Å². The van der Waals surface area contributed by atoms with Crippen LogP contribution in [0.3, 0.4) is 0 Å². The monoisotopic (exact) mass is 349 g/mol. The third kappa shape index (κ3) is 2.93. The fraction of sp³-hybridized carbons (Fsp3) is 0.471.